The molecule has 0 nitrogen and oxygen atoms in total. The Kier molecular flexibility index (Phi) is 3.04. The second-order valence-corrected chi connectivity index (χ2v) is 4.74. The summed E-state index contributed by atoms with van der Waals surface area (Å²) in [5.41, 5.74) is 2.50. The molecule has 3 rings (SSSR count). The van der Waals surface area contributed by atoms with Crippen LogP contribution in [-0.4, -0.2) is 0 Å². The molecule has 0 atom stereocenters. The molecule has 0 spiro atoms. The molecule has 0 aromatic carbocycles. The van der Waals surface area contributed by atoms with Gasteiger partial charge in [0, 0.05) is 0 Å². The zero-order valence-electron chi connectivity index (χ0n) is 9.77. The molecule has 0 N–H and O–H groups in total. The number of hydrogen-bond acceptors (Lipinski definition) is 0. The zero-order valence-corrected chi connectivity index (χ0v) is 9.77. The van der Waals surface area contributed by atoms with Gasteiger partial charge in [0.2, 0.25) is 0 Å². The van der Waals surface area contributed by atoms with E-state index >= 15 is 0 Å². The lowest BCUT2D eigenvalue weighted by molar-refractivity contribution is -0.159. The molecule has 2 bridgehead atoms. The van der Waals surface area contributed by atoms with Gasteiger partial charge < -0.3 is 0 Å². The fourth-order valence-corrected chi connectivity index (χ4v) is 3.00. The molecule has 3 saturated carbocycles. The Labute approximate surface area is 88.4 Å². The van der Waals surface area contributed by atoms with Gasteiger partial charge in [-0.3, -0.25) is 0 Å². The molecule has 0 radical (unpaired) electrons. The molecule has 0 unspecified atom stereocenters. The van der Waals surface area contributed by atoms with E-state index in [9.17, 15) is 0 Å². The van der Waals surface area contributed by atoms with Crippen LogP contribution in [0.15, 0.2) is 37.0 Å². The maximum atomic E-state index is 4.12. The summed E-state index contributed by atoms with van der Waals surface area (Å²) in [5.74, 6) is 0. The van der Waals surface area contributed by atoms with Crippen LogP contribution in [0.5, 0.6) is 0 Å². The summed E-state index contributed by atoms with van der Waals surface area (Å²) < 4.78 is 0. The van der Waals surface area contributed by atoms with Crippen molar-refractivity contribution in [2.24, 2.45) is 10.8 Å². The second-order valence-electron chi connectivity index (χ2n) is 4.74. The topological polar surface area (TPSA) is 0 Å². The standard InChI is InChI=1S/C12H16.C2H6/c1-4-5-6-10(2)12-7-11(3,8-12)9-12;1-2/h4-6H,1-2,7-9H2,3H3;1-2H3/b6-5-;. The lowest BCUT2D eigenvalue weighted by atomic mass is 9.34. The highest BCUT2D eigenvalue weighted by Gasteiger charge is 2.65. The summed E-state index contributed by atoms with van der Waals surface area (Å²) in [6, 6.07) is 0. The number of rotatable bonds is 3. The lowest BCUT2D eigenvalue weighted by Crippen LogP contribution is -2.60. The van der Waals surface area contributed by atoms with Gasteiger partial charge in [-0.05, 0) is 35.7 Å². The van der Waals surface area contributed by atoms with E-state index in [2.05, 4.69) is 26.2 Å². The van der Waals surface area contributed by atoms with Crippen molar-refractivity contribution in [2.75, 3.05) is 0 Å². The van der Waals surface area contributed by atoms with E-state index in [0.29, 0.717) is 10.8 Å². The van der Waals surface area contributed by atoms with Gasteiger partial charge in [-0.25, -0.2) is 0 Å². The first-order valence-electron chi connectivity index (χ1n) is 5.59. The minimum Gasteiger partial charge on any atom is -0.0991 e. The second kappa shape index (κ2) is 3.76. The van der Waals surface area contributed by atoms with Crippen LogP contribution in [0, 0.1) is 10.8 Å². The fraction of sp³-hybridized carbons (Fsp3) is 0.571. The molecule has 3 aliphatic rings. The highest BCUT2D eigenvalue weighted by atomic mass is 14.7. The lowest BCUT2D eigenvalue weighted by Gasteiger charge is -2.70. The van der Waals surface area contributed by atoms with Crippen LogP contribution in [0.2, 0.25) is 0 Å². The van der Waals surface area contributed by atoms with Crippen LogP contribution in [0.25, 0.3) is 0 Å². The fourth-order valence-electron chi connectivity index (χ4n) is 3.00. The predicted molar refractivity (Wildman–Crippen MR) is 64.2 cm³/mol. The highest BCUT2D eigenvalue weighted by Crippen LogP contribution is 2.75. The zero-order chi connectivity index (χ0) is 10.8. The first kappa shape index (κ1) is 11.3. The summed E-state index contributed by atoms with van der Waals surface area (Å²) in [6.07, 6.45) is 10.0. The Morgan fingerprint density at radius 1 is 1.21 bits per heavy atom. The SMILES string of the molecule is C=C/C=C\C(=C)C12CC(C)(C1)C2.CC. The van der Waals surface area contributed by atoms with Crippen LogP contribution in [0.4, 0.5) is 0 Å². The quantitative estimate of drug-likeness (QED) is 0.575. The van der Waals surface area contributed by atoms with Gasteiger partial charge >= 0.3 is 0 Å². The Morgan fingerprint density at radius 3 is 2.07 bits per heavy atom. The maximum absolute atomic E-state index is 4.12. The van der Waals surface area contributed by atoms with E-state index < -0.39 is 0 Å². The first-order valence-corrected chi connectivity index (χ1v) is 5.59. The van der Waals surface area contributed by atoms with Gasteiger partial charge in [0.25, 0.3) is 0 Å². The van der Waals surface area contributed by atoms with Crippen molar-refractivity contribution in [3.8, 4) is 0 Å². The van der Waals surface area contributed by atoms with Gasteiger partial charge in [-0.1, -0.05) is 52.2 Å². The van der Waals surface area contributed by atoms with Crippen molar-refractivity contribution in [1.82, 2.24) is 0 Å². The van der Waals surface area contributed by atoms with Crippen LogP contribution in [0.3, 0.4) is 0 Å². The number of hydrogen-bond donors (Lipinski definition) is 0. The molecular weight excluding hydrogens is 168 g/mol. The average Bonchev–Trinajstić information content (AvgIpc) is 2.11. The monoisotopic (exact) mass is 190 g/mol. The molecule has 0 amide bonds. The molecule has 3 fully saturated rings. The van der Waals surface area contributed by atoms with Gasteiger partial charge in [0.1, 0.15) is 0 Å². The normalized spacial score (nSPS) is 37.6. The summed E-state index contributed by atoms with van der Waals surface area (Å²) >= 11 is 0. The van der Waals surface area contributed by atoms with Crippen LogP contribution in [-0.2, 0) is 0 Å². The molecular formula is C14H22. The minimum atomic E-state index is 0.508. The Bertz CT molecular complexity index is 248. The van der Waals surface area contributed by atoms with Crippen molar-refractivity contribution in [2.45, 2.75) is 40.0 Å². The summed E-state index contributed by atoms with van der Waals surface area (Å²) in [5, 5.41) is 0. The molecule has 3 aliphatic carbocycles. The van der Waals surface area contributed by atoms with E-state index in [-0.39, 0.29) is 0 Å². The Hall–Kier alpha value is -0.780. The molecule has 14 heavy (non-hydrogen) atoms. The van der Waals surface area contributed by atoms with E-state index in [1.807, 2.05) is 26.0 Å². The maximum Gasteiger partial charge on any atom is -0.00373 e. The summed E-state index contributed by atoms with van der Waals surface area (Å²) in [4.78, 5) is 0. The van der Waals surface area contributed by atoms with Crippen molar-refractivity contribution in [1.29, 1.82) is 0 Å². The Balaban J connectivity index is 0.000000461. The third-order valence-corrected chi connectivity index (χ3v) is 3.41. The van der Waals surface area contributed by atoms with Crippen LogP contribution in [0.1, 0.15) is 40.0 Å². The van der Waals surface area contributed by atoms with E-state index in [4.69, 9.17) is 0 Å². The molecule has 0 saturated heterocycles. The molecule has 0 heterocycles. The van der Waals surface area contributed by atoms with Gasteiger partial charge in [0.15, 0.2) is 0 Å². The van der Waals surface area contributed by atoms with Crippen LogP contribution < -0.4 is 0 Å². The summed E-state index contributed by atoms with van der Waals surface area (Å²) in [7, 11) is 0. The third kappa shape index (κ3) is 1.58. The Morgan fingerprint density at radius 2 is 1.71 bits per heavy atom. The third-order valence-electron chi connectivity index (χ3n) is 3.41. The van der Waals surface area contributed by atoms with Crippen molar-refractivity contribution < 1.29 is 0 Å². The first-order chi connectivity index (χ1) is 6.60. The van der Waals surface area contributed by atoms with E-state index in [1.165, 1.54) is 24.8 Å². The van der Waals surface area contributed by atoms with Crippen molar-refractivity contribution in [3.05, 3.63) is 37.0 Å². The van der Waals surface area contributed by atoms with E-state index in [1.54, 1.807) is 0 Å². The molecule has 0 aromatic rings. The summed E-state index contributed by atoms with van der Waals surface area (Å²) in [6.45, 7) is 14.2. The van der Waals surface area contributed by atoms with Crippen molar-refractivity contribution in [3.63, 3.8) is 0 Å². The number of allylic oxidation sites excluding steroid dienone is 4. The largest absolute Gasteiger partial charge is 0.0991 e. The minimum absolute atomic E-state index is 0.508. The van der Waals surface area contributed by atoms with E-state index in [0.717, 1.165) is 0 Å². The molecule has 0 heteroatoms. The highest BCUT2D eigenvalue weighted by molar-refractivity contribution is 5.36. The molecule has 0 aliphatic heterocycles. The van der Waals surface area contributed by atoms with Gasteiger partial charge in [-0.2, -0.15) is 0 Å². The predicted octanol–water partition coefficient (Wildman–Crippen LogP) is 4.50. The van der Waals surface area contributed by atoms with Crippen LogP contribution >= 0.6 is 0 Å². The van der Waals surface area contributed by atoms with Crippen molar-refractivity contribution >= 4 is 0 Å². The molecule has 0 aromatic heterocycles. The molecule has 78 valence electrons. The average molecular weight is 190 g/mol. The van der Waals surface area contributed by atoms with Gasteiger partial charge in [-0.15, -0.1) is 0 Å². The smallest absolute Gasteiger partial charge is 0.00373 e. The van der Waals surface area contributed by atoms with Gasteiger partial charge in [0.05, 0.1) is 0 Å².